The molecule has 0 bridgehead atoms. The second kappa shape index (κ2) is 11.2. The third-order valence-electron chi connectivity index (χ3n) is 10.2. The molecule has 0 amide bonds. The maximum absolute atomic E-state index is 13.7. The first-order chi connectivity index (χ1) is 25.2. The van der Waals surface area contributed by atoms with Crippen molar-refractivity contribution in [2.45, 2.75) is 25.9 Å². The van der Waals surface area contributed by atoms with Crippen molar-refractivity contribution in [1.82, 2.24) is 9.13 Å². The summed E-state index contributed by atoms with van der Waals surface area (Å²) in [5.74, 6) is 0. The zero-order chi connectivity index (χ0) is 37.9. The molecule has 0 radical (unpaired) electrons. The highest BCUT2D eigenvalue weighted by molar-refractivity contribution is 6.22. The van der Waals surface area contributed by atoms with Gasteiger partial charge in [0.1, 0.15) is 0 Å². The van der Waals surface area contributed by atoms with Gasteiger partial charge in [0.2, 0.25) is 0 Å². The molecule has 0 saturated carbocycles. The van der Waals surface area contributed by atoms with E-state index in [0.717, 1.165) is 9.13 Å². The van der Waals surface area contributed by atoms with Gasteiger partial charge in [0, 0.05) is 21.5 Å². The lowest BCUT2D eigenvalue weighted by molar-refractivity contribution is 0.0826. The van der Waals surface area contributed by atoms with Crippen molar-refractivity contribution >= 4 is 87.4 Å². The van der Waals surface area contributed by atoms with Crippen molar-refractivity contribution in [3.05, 3.63) is 131 Å². The molecule has 2 aromatic heterocycles. The molecule has 2 unspecified atom stereocenters. The molecular weight excluding hydrogens is 684 g/mol. The molecule has 0 fully saturated rings. The fraction of sp³-hybridized carbons (Fsp3) is 0.158. The number of hydrogen-bond donors (Lipinski definition) is 4. The van der Waals surface area contributed by atoms with E-state index >= 15 is 0 Å². The third-order valence-corrected chi connectivity index (χ3v) is 10.2. The largest absolute Gasteiger partial charge is 0.397 e. The van der Waals surface area contributed by atoms with Gasteiger partial charge in [-0.05, 0) is 13.8 Å². The molecule has 0 spiro atoms. The van der Waals surface area contributed by atoms with Gasteiger partial charge in [-0.2, -0.15) is 0 Å². The van der Waals surface area contributed by atoms with Gasteiger partial charge in [-0.3, -0.25) is 47.5 Å². The topological polar surface area (TPSA) is 260 Å². The zero-order valence-electron chi connectivity index (χ0n) is 28.1. The summed E-state index contributed by atoms with van der Waals surface area (Å²) in [6.45, 7) is 2.46. The molecule has 2 heterocycles. The molecule has 8 N–H and O–H groups in total. The van der Waals surface area contributed by atoms with Crippen LogP contribution in [-0.4, -0.2) is 22.3 Å². The monoisotopic (exact) mass is 712 g/mol. The Balaban J connectivity index is 1.16. The lowest BCUT2D eigenvalue weighted by atomic mass is 9.97. The van der Waals surface area contributed by atoms with Crippen LogP contribution in [0.5, 0.6) is 0 Å². The van der Waals surface area contributed by atoms with Crippen LogP contribution in [0, 0.1) is 0 Å². The summed E-state index contributed by atoms with van der Waals surface area (Å²) in [5.41, 5.74) is 18.2. The van der Waals surface area contributed by atoms with Crippen molar-refractivity contribution in [2.24, 2.45) is 0 Å². The number of nitrogen functional groups attached to an aromatic ring is 4. The summed E-state index contributed by atoms with van der Waals surface area (Å²) in [4.78, 5) is 109. The van der Waals surface area contributed by atoms with E-state index in [4.69, 9.17) is 27.7 Å². The Labute approximate surface area is 293 Å². The van der Waals surface area contributed by atoms with Gasteiger partial charge in [-0.25, -0.2) is 0 Å². The summed E-state index contributed by atoms with van der Waals surface area (Å²) in [7, 11) is 0. The van der Waals surface area contributed by atoms with E-state index in [0.29, 0.717) is 0 Å². The van der Waals surface area contributed by atoms with Crippen LogP contribution in [0.4, 0.5) is 22.7 Å². The maximum Gasteiger partial charge on any atom is 0.264 e. The average Bonchev–Trinajstić information content (AvgIpc) is 3.57. The van der Waals surface area contributed by atoms with E-state index in [1.54, 1.807) is 24.3 Å². The van der Waals surface area contributed by atoms with Crippen LogP contribution < -0.4 is 66.9 Å². The fourth-order valence-corrected chi connectivity index (χ4v) is 7.73. The van der Waals surface area contributed by atoms with E-state index in [1.807, 2.05) is 0 Å². The minimum absolute atomic E-state index is 0.0937. The van der Waals surface area contributed by atoms with Gasteiger partial charge < -0.3 is 27.7 Å². The second-order valence-corrected chi connectivity index (χ2v) is 13.3. The lowest BCUT2D eigenvalue weighted by Gasteiger charge is -2.16. The minimum Gasteiger partial charge on any atom is -0.397 e. The zero-order valence-corrected chi connectivity index (χ0v) is 28.1. The van der Waals surface area contributed by atoms with Crippen molar-refractivity contribution in [2.75, 3.05) is 36.1 Å². The summed E-state index contributed by atoms with van der Waals surface area (Å²) >= 11 is 0. The van der Waals surface area contributed by atoms with Crippen LogP contribution in [-0.2, 0) is 4.74 Å². The number of benzene rings is 6. The number of anilines is 4. The number of nitrogens with zero attached hydrogens (tertiary/aromatic N) is 2. The van der Waals surface area contributed by atoms with Crippen LogP contribution in [0.25, 0.3) is 64.6 Å². The Morgan fingerprint density at radius 2 is 0.660 bits per heavy atom. The Hall–Kier alpha value is -7.00. The molecule has 264 valence electrons. The quantitative estimate of drug-likeness (QED) is 0.107. The standard InChI is InChI=1S/C38H28N6O9/c1-13(43-35(49)23-24(36(43)50)28(40)20-19(27(23)39)31(45)15-7-3-4-8-16(15)32(20)46)11-53-12-14(2)44-37(51)25-26(38(44)52)30(42)22-21(29(25)41)33(47)17-9-5-6-10-18(17)34(22)48/h3-10,13-14H,11-12,39-42H2,1-2H3. The molecule has 0 saturated heterocycles. The molecule has 15 nitrogen and oxygen atoms in total. The lowest BCUT2D eigenvalue weighted by Crippen LogP contribution is -2.33. The van der Waals surface area contributed by atoms with Crippen molar-refractivity contribution in [1.29, 1.82) is 0 Å². The van der Waals surface area contributed by atoms with Crippen LogP contribution in [0.15, 0.2) is 86.9 Å². The van der Waals surface area contributed by atoms with Crippen LogP contribution in [0.3, 0.4) is 0 Å². The van der Waals surface area contributed by atoms with Crippen LogP contribution >= 0.6 is 0 Å². The predicted molar refractivity (Wildman–Crippen MR) is 207 cm³/mol. The SMILES string of the molecule is CC(COCC(C)n1c(=O)c2c(N)c3c(=O)c4ccccc4c(=O)c3c(N)c2c1=O)n1c(=O)c2c(N)c3c(=O)c4ccccc4c(=O)c3c(N)c2c1=O. The number of rotatable bonds is 6. The van der Waals surface area contributed by atoms with Gasteiger partial charge in [-0.1, -0.05) is 48.5 Å². The molecule has 0 aliphatic heterocycles. The molecule has 0 aliphatic rings. The van der Waals surface area contributed by atoms with Crippen LogP contribution in [0.1, 0.15) is 25.9 Å². The molecular formula is C38H28N6O9. The van der Waals surface area contributed by atoms with Crippen LogP contribution in [0.2, 0.25) is 0 Å². The molecule has 2 atom stereocenters. The molecule has 0 aliphatic carbocycles. The summed E-state index contributed by atoms with van der Waals surface area (Å²) in [6.07, 6.45) is 0. The van der Waals surface area contributed by atoms with Gasteiger partial charge in [0.25, 0.3) is 22.2 Å². The van der Waals surface area contributed by atoms with Gasteiger partial charge >= 0.3 is 0 Å². The van der Waals surface area contributed by atoms with Gasteiger partial charge in [-0.15, -0.1) is 0 Å². The highest BCUT2D eigenvalue weighted by Crippen LogP contribution is 2.33. The first-order valence-corrected chi connectivity index (χ1v) is 16.4. The van der Waals surface area contributed by atoms with Gasteiger partial charge in [0.15, 0.2) is 21.7 Å². The van der Waals surface area contributed by atoms with Crippen molar-refractivity contribution in [3.63, 3.8) is 0 Å². The van der Waals surface area contributed by atoms with E-state index in [-0.39, 0.29) is 101 Å². The Kier molecular flexibility index (Phi) is 7.04. The van der Waals surface area contributed by atoms with Gasteiger partial charge in [0.05, 0.1) is 91.1 Å². The minimum atomic E-state index is -0.951. The fourth-order valence-electron chi connectivity index (χ4n) is 7.73. The van der Waals surface area contributed by atoms with E-state index in [2.05, 4.69) is 0 Å². The van der Waals surface area contributed by atoms with E-state index in [9.17, 15) is 38.4 Å². The summed E-state index contributed by atoms with van der Waals surface area (Å²) in [6, 6.07) is 10.3. The smallest absolute Gasteiger partial charge is 0.264 e. The molecule has 8 rings (SSSR count). The predicted octanol–water partition coefficient (Wildman–Crippen LogP) is 1.01. The molecule has 15 heteroatoms. The number of ether oxygens (including phenoxy) is 1. The van der Waals surface area contributed by atoms with E-state index in [1.165, 1.54) is 38.1 Å². The Morgan fingerprint density at radius 1 is 0.434 bits per heavy atom. The molecule has 6 aromatic carbocycles. The first-order valence-electron chi connectivity index (χ1n) is 16.4. The van der Waals surface area contributed by atoms with Crippen molar-refractivity contribution in [3.8, 4) is 0 Å². The normalized spacial score (nSPS) is 13.3. The first kappa shape index (κ1) is 33.2. The number of nitrogens with two attached hydrogens (primary N) is 4. The summed E-state index contributed by atoms with van der Waals surface area (Å²) < 4.78 is 7.53. The number of aromatic nitrogens is 2. The Bertz CT molecular complexity index is 2980. The Morgan fingerprint density at radius 3 is 0.887 bits per heavy atom. The molecule has 53 heavy (non-hydrogen) atoms. The highest BCUT2D eigenvalue weighted by atomic mass is 16.5. The number of hydrogen-bond acceptors (Lipinski definition) is 13. The highest BCUT2D eigenvalue weighted by Gasteiger charge is 2.29. The maximum atomic E-state index is 13.7. The van der Waals surface area contributed by atoms with Crippen molar-refractivity contribution < 1.29 is 4.74 Å². The van der Waals surface area contributed by atoms with E-state index < -0.39 is 56.0 Å². The second-order valence-electron chi connectivity index (χ2n) is 13.3. The summed E-state index contributed by atoms with van der Waals surface area (Å²) in [5, 5.41) is -1.78. The number of fused-ring (bicyclic) bond motifs is 6. The molecule has 8 aromatic rings. The third kappa shape index (κ3) is 4.19. The average molecular weight is 713 g/mol.